The molecule has 0 spiro atoms. The third kappa shape index (κ3) is 4.73. The molecule has 0 radical (unpaired) electrons. The van der Waals surface area contributed by atoms with Crippen LogP contribution in [0.3, 0.4) is 0 Å². The molecule has 1 aliphatic rings. The Labute approximate surface area is 204 Å². The number of likely N-dealkylation sites (tertiary alicyclic amines) is 1. The number of benzene rings is 2. The highest BCUT2D eigenvalue weighted by molar-refractivity contribution is 5.96. The lowest BCUT2D eigenvalue weighted by molar-refractivity contribution is -0.123. The molecule has 4 rings (SSSR count). The molecule has 0 saturated carbocycles. The lowest BCUT2D eigenvalue weighted by Crippen LogP contribution is -2.49. The molecule has 3 aromatic rings. The Morgan fingerprint density at radius 2 is 1.69 bits per heavy atom. The highest BCUT2D eigenvalue weighted by atomic mass is 16.6. The quantitative estimate of drug-likeness (QED) is 0.541. The second-order valence-electron chi connectivity index (χ2n) is 9.65. The number of carbonyl (C=O) groups excluding carboxylic acids is 3. The third-order valence-corrected chi connectivity index (χ3v) is 6.12. The van der Waals surface area contributed by atoms with Crippen LogP contribution in [0.2, 0.25) is 0 Å². The molecular weight excluding hydrogens is 446 g/mol. The van der Waals surface area contributed by atoms with Crippen molar-refractivity contribution in [3.8, 4) is 0 Å². The molecule has 1 saturated heterocycles. The Hall–Kier alpha value is -3.81. The zero-order valence-corrected chi connectivity index (χ0v) is 20.4. The van der Waals surface area contributed by atoms with Gasteiger partial charge in [0, 0.05) is 11.3 Å². The SMILES string of the molecule is CCOC(=O)c1cc2ccccc2n1C1C[C@@H](c2ccccc2)[C@@H](C(N)=O)N1C(=O)OC(C)(C)C. The van der Waals surface area contributed by atoms with Gasteiger partial charge in [-0.2, -0.15) is 0 Å². The van der Waals surface area contributed by atoms with E-state index >= 15 is 0 Å². The summed E-state index contributed by atoms with van der Waals surface area (Å²) >= 11 is 0. The van der Waals surface area contributed by atoms with Gasteiger partial charge in [-0.15, -0.1) is 0 Å². The second kappa shape index (κ2) is 9.44. The number of nitrogens with two attached hydrogens (primary N) is 1. The monoisotopic (exact) mass is 477 g/mol. The molecule has 0 aliphatic carbocycles. The Balaban J connectivity index is 1.93. The van der Waals surface area contributed by atoms with Crippen molar-refractivity contribution in [2.45, 2.75) is 57.8 Å². The zero-order valence-electron chi connectivity index (χ0n) is 20.4. The number of ether oxygens (including phenoxy) is 2. The number of hydrogen-bond acceptors (Lipinski definition) is 5. The van der Waals surface area contributed by atoms with Crippen LogP contribution in [0, 0.1) is 0 Å². The van der Waals surface area contributed by atoms with Crippen LogP contribution in [-0.4, -0.2) is 45.7 Å². The maximum atomic E-state index is 13.6. The van der Waals surface area contributed by atoms with Gasteiger partial charge in [0.25, 0.3) is 0 Å². The van der Waals surface area contributed by atoms with Crippen LogP contribution in [0.25, 0.3) is 10.9 Å². The van der Waals surface area contributed by atoms with Crippen molar-refractivity contribution in [2.24, 2.45) is 5.73 Å². The first-order chi connectivity index (χ1) is 16.6. The van der Waals surface area contributed by atoms with E-state index in [9.17, 15) is 14.4 Å². The number of hydrogen-bond donors (Lipinski definition) is 1. The first-order valence-corrected chi connectivity index (χ1v) is 11.7. The van der Waals surface area contributed by atoms with Crippen LogP contribution in [0.5, 0.6) is 0 Å². The summed E-state index contributed by atoms with van der Waals surface area (Å²) in [6.45, 7) is 7.23. The molecule has 8 nitrogen and oxygen atoms in total. The summed E-state index contributed by atoms with van der Waals surface area (Å²) in [7, 11) is 0. The predicted octanol–water partition coefficient (Wildman–Crippen LogP) is 4.60. The summed E-state index contributed by atoms with van der Waals surface area (Å²) in [6, 6.07) is 17.8. The van der Waals surface area contributed by atoms with Crippen molar-refractivity contribution >= 4 is 28.9 Å². The Kier molecular flexibility index (Phi) is 6.56. The van der Waals surface area contributed by atoms with Crippen molar-refractivity contribution < 1.29 is 23.9 Å². The molecule has 8 heteroatoms. The molecule has 0 bridgehead atoms. The predicted molar refractivity (Wildman–Crippen MR) is 132 cm³/mol. The number of fused-ring (bicyclic) bond motifs is 1. The van der Waals surface area contributed by atoms with Crippen molar-refractivity contribution in [3.63, 3.8) is 0 Å². The van der Waals surface area contributed by atoms with E-state index in [0.717, 1.165) is 16.5 Å². The van der Waals surface area contributed by atoms with Crippen molar-refractivity contribution in [1.29, 1.82) is 0 Å². The molecule has 1 aliphatic heterocycles. The summed E-state index contributed by atoms with van der Waals surface area (Å²) in [4.78, 5) is 40.8. The summed E-state index contributed by atoms with van der Waals surface area (Å²) < 4.78 is 12.8. The van der Waals surface area contributed by atoms with Gasteiger partial charge >= 0.3 is 12.1 Å². The average molecular weight is 478 g/mol. The van der Waals surface area contributed by atoms with Gasteiger partial charge in [0.15, 0.2) is 0 Å². The van der Waals surface area contributed by atoms with Crippen molar-refractivity contribution in [1.82, 2.24) is 9.47 Å². The van der Waals surface area contributed by atoms with Crippen LogP contribution in [0.15, 0.2) is 60.7 Å². The standard InChI is InChI=1S/C27H31N3O5/c1-5-34-25(32)21-15-18-13-9-10-14-20(18)29(21)22-16-19(17-11-7-6-8-12-17)23(24(28)31)30(22)26(33)35-27(2,3)4/h6-15,19,22-23H,5,16H2,1-4H3,(H2,28,31)/t19-,22?,23-/m0/s1. The van der Waals surface area contributed by atoms with E-state index in [0.29, 0.717) is 12.1 Å². The highest BCUT2D eigenvalue weighted by Gasteiger charge is 2.50. The number of nitrogens with zero attached hydrogens (tertiary/aromatic N) is 2. The first kappa shape index (κ1) is 24.3. The van der Waals surface area contributed by atoms with Crippen LogP contribution in [-0.2, 0) is 14.3 Å². The Morgan fingerprint density at radius 3 is 2.31 bits per heavy atom. The van der Waals surface area contributed by atoms with Crippen molar-refractivity contribution in [2.75, 3.05) is 6.61 Å². The fourth-order valence-corrected chi connectivity index (χ4v) is 4.84. The van der Waals surface area contributed by atoms with Gasteiger partial charge in [0.2, 0.25) is 5.91 Å². The van der Waals surface area contributed by atoms with E-state index < -0.39 is 35.8 Å². The molecule has 1 fully saturated rings. The topological polar surface area (TPSA) is 104 Å². The van der Waals surface area contributed by atoms with Gasteiger partial charge in [0.05, 0.1) is 12.1 Å². The van der Waals surface area contributed by atoms with Crippen LogP contribution < -0.4 is 5.73 Å². The van der Waals surface area contributed by atoms with E-state index in [4.69, 9.17) is 15.2 Å². The summed E-state index contributed by atoms with van der Waals surface area (Å²) in [5, 5.41) is 0.818. The fourth-order valence-electron chi connectivity index (χ4n) is 4.84. The molecule has 2 amide bonds. The molecule has 1 aromatic heterocycles. The molecule has 2 aromatic carbocycles. The Morgan fingerprint density at radius 1 is 1.03 bits per heavy atom. The maximum absolute atomic E-state index is 13.6. The summed E-state index contributed by atoms with van der Waals surface area (Å²) in [6.07, 6.45) is -1.01. The molecular formula is C27H31N3O5. The summed E-state index contributed by atoms with van der Waals surface area (Å²) in [5.41, 5.74) is 7.02. The van der Waals surface area contributed by atoms with Gasteiger partial charge in [-0.3, -0.25) is 9.69 Å². The number of amides is 2. The number of rotatable bonds is 5. The van der Waals surface area contributed by atoms with Gasteiger partial charge < -0.3 is 19.8 Å². The Bertz CT molecular complexity index is 1240. The van der Waals surface area contributed by atoms with E-state index in [-0.39, 0.29) is 12.5 Å². The molecule has 184 valence electrons. The largest absolute Gasteiger partial charge is 0.461 e. The number of para-hydroxylation sites is 1. The number of aromatic nitrogens is 1. The highest BCUT2D eigenvalue weighted by Crippen LogP contribution is 2.45. The lowest BCUT2D eigenvalue weighted by Gasteiger charge is -2.33. The molecule has 3 atom stereocenters. The van der Waals surface area contributed by atoms with Gasteiger partial charge in [-0.1, -0.05) is 48.5 Å². The minimum atomic E-state index is -0.964. The first-order valence-electron chi connectivity index (χ1n) is 11.7. The van der Waals surface area contributed by atoms with E-state index in [1.807, 2.05) is 54.6 Å². The second-order valence-corrected chi connectivity index (χ2v) is 9.65. The van der Waals surface area contributed by atoms with E-state index in [1.54, 1.807) is 38.3 Å². The van der Waals surface area contributed by atoms with Crippen LogP contribution in [0.1, 0.15) is 62.3 Å². The molecule has 2 N–H and O–H groups in total. The minimum Gasteiger partial charge on any atom is -0.461 e. The van der Waals surface area contributed by atoms with E-state index in [1.165, 1.54) is 4.90 Å². The van der Waals surface area contributed by atoms with Gasteiger partial charge in [0.1, 0.15) is 23.5 Å². The lowest BCUT2D eigenvalue weighted by atomic mass is 9.91. The van der Waals surface area contributed by atoms with Gasteiger partial charge in [-0.05, 0) is 51.8 Å². The number of carbonyl (C=O) groups is 3. The van der Waals surface area contributed by atoms with E-state index in [2.05, 4.69) is 0 Å². The van der Waals surface area contributed by atoms with Crippen LogP contribution >= 0.6 is 0 Å². The number of esters is 1. The fraction of sp³-hybridized carbons (Fsp3) is 0.370. The number of primary amides is 1. The maximum Gasteiger partial charge on any atom is 0.412 e. The minimum absolute atomic E-state index is 0.206. The molecule has 35 heavy (non-hydrogen) atoms. The normalized spacial score (nSPS) is 20.1. The molecule has 2 heterocycles. The average Bonchev–Trinajstić information content (AvgIpc) is 3.38. The molecule has 1 unspecified atom stereocenters. The zero-order chi connectivity index (χ0) is 25.3. The van der Waals surface area contributed by atoms with Gasteiger partial charge in [-0.25, -0.2) is 9.59 Å². The van der Waals surface area contributed by atoms with Crippen LogP contribution in [0.4, 0.5) is 4.79 Å². The summed E-state index contributed by atoms with van der Waals surface area (Å²) in [5.74, 6) is -1.53. The third-order valence-electron chi connectivity index (χ3n) is 6.12. The smallest absolute Gasteiger partial charge is 0.412 e. The van der Waals surface area contributed by atoms with Crippen molar-refractivity contribution in [3.05, 3.63) is 71.9 Å².